The topological polar surface area (TPSA) is 70.6 Å². The first-order valence-corrected chi connectivity index (χ1v) is 7.39. The molecule has 0 heterocycles. The summed E-state index contributed by atoms with van der Waals surface area (Å²) in [6.45, 7) is 1.45. The van der Waals surface area contributed by atoms with E-state index in [9.17, 15) is 9.59 Å². The van der Waals surface area contributed by atoms with Crippen LogP contribution in [0.5, 0.6) is 0 Å². The smallest absolute Gasteiger partial charge is 0.271 e. The van der Waals surface area contributed by atoms with Crippen molar-refractivity contribution in [3.8, 4) is 0 Å². The Morgan fingerprint density at radius 2 is 1.62 bits per heavy atom. The Morgan fingerprint density at radius 3 is 2.10 bits per heavy atom. The Bertz CT molecular complexity index is 570. The predicted molar refractivity (Wildman–Crippen MR) is 81.1 cm³/mol. The average molecular weight is 285 g/mol. The fourth-order valence-electron chi connectivity index (χ4n) is 2.36. The quantitative estimate of drug-likeness (QED) is 0.644. The number of nitrogens with one attached hydrogen (secondary N) is 2. The molecule has 1 aromatic carbocycles. The van der Waals surface area contributed by atoms with E-state index in [1.54, 1.807) is 24.3 Å². The maximum absolute atomic E-state index is 12.1. The van der Waals surface area contributed by atoms with Crippen molar-refractivity contribution < 1.29 is 9.59 Å². The van der Waals surface area contributed by atoms with Crippen LogP contribution in [0.1, 0.15) is 43.0 Å². The lowest BCUT2D eigenvalue weighted by molar-refractivity contribution is -0.114. The second-order valence-corrected chi connectivity index (χ2v) is 5.78. The molecule has 2 fully saturated rings. The molecule has 21 heavy (non-hydrogen) atoms. The van der Waals surface area contributed by atoms with Crippen LogP contribution in [0.4, 0.5) is 5.69 Å². The van der Waals surface area contributed by atoms with Gasteiger partial charge in [-0.05, 0) is 61.8 Å². The first-order chi connectivity index (χ1) is 10.1. The highest BCUT2D eigenvalue weighted by molar-refractivity contribution is 5.98. The van der Waals surface area contributed by atoms with Crippen LogP contribution in [-0.2, 0) is 4.79 Å². The molecular weight excluding hydrogens is 266 g/mol. The van der Waals surface area contributed by atoms with Gasteiger partial charge in [0.25, 0.3) is 5.91 Å². The average Bonchev–Trinajstić information content (AvgIpc) is 3.33. The van der Waals surface area contributed by atoms with Gasteiger partial charge in [0.05, 0.1) is 0 Å². The zero-order chi connectivity index (χ0) is 14.8. The van der Waals surface area contributed by atoms with E-state index < -0.39 is 0 Å². The monoisotopic (exact) mass is 285 g/mol. The lowest BCUT2D eigenvalue weighted by Gasteiger charge is -2.06. The second-order valence-electron chi connectivity index (χ2n) is 5.78. The molecule has 2 amide bonds. The Balaban J connectivity index is 1.62. The number of nitrogens with zero attached hydrogens (tertiary/aromatic N) is 1. The van der Waals surface area contributed by atoms with E-state index in [0.29, 0.717) is 23.1 Å². The molecule has 0 aliphatic heterocycles. The first kappa shape index (κ1) is 13.8. The highest BCUT2D eigenvalue weighted by Crippen LogP contribution is 2.41. The van der Waals surface area contributed by atoms with Crippen LogP contribution in [0.15, 0.2) is 29.4 Å². The number of carbonyl (C=O) groups excluding carboxylic acids is 2. The number of amides is 2. The molecule has 5 heteroatoms. The van der Waals surface area contributed by atoms with Gasteiger partial charge < -0.3 is 5.32 Å². The number of anilines is 1. The van der Waals surface area contributed by atoms with Crippen LogP contribution in [0, 0.1) is 11.8 Å². The van der Waals surface area contributed by atoms with E-state index in [-0.39, 0.29) is 11.8 Å². The zero-order valence-corrected chi connectivity index (χ0v) is 12.1. The third kappa shape index (κ3) is 3.68. The molecule has 1 aromatic rings. The number of rotatable bonds is 5. The summed E-state index contributed by atoms with van der Waals surface area (Å²) in [7, 11) is 0. The normalized spacial score (nSPS) is 17.0. The fourth-order valence-corrected chi connectivity index (χ4v) is 2.36. The Morgan fingerprint density at radius 1 is 1.05 bits per heavy atom. The molecule has 110 valence electrons. The van der Waals surface area contributed by atoms with Crippen molar-refractivity contribution in [3.05, 3.63) is 29.8 Å². The Kier molecular flexibility index (Phi) is 3.73. The van der Waals surface area contributed by atoms with Gasteiger partial charge in [0.1, 0.15) is 0 Å². The molecule has 5 nitrogen and oxygen atoms in total. The maximum atomic E-state index is 12.1. The number of hydrogen-bond acceptors (Lipinski definition) is 3. The van der Waals surface area contributed by atoms with Gasteiger partial charge in [-0.1, -0.05) is 0 Å². The van der Waals surface area contributed by atoms with Crippen molar-refractivity contribution in [2.45, 2.75) is 32.6 Å². The van der Waals surface area contributed by atoms with Crippen LogP contribution in [0.2, 0.25) is 0 Å². The summed E-state index contributed by atoms with van der Waals surface area (Å²) in [4.78, 5) is 23.0. The number of carbonyl (C=O) groups is 2. The summed E-state index contributed by atoms with van der Waals surface area (Å²) >= 11 is 0. The summed E-state index contributed by atoms with van der Waals surface area (Å²) in [6.07, 6.45) is 4.82. The van der Waals surface area contributed by atoms with Crippen LogP contribution in [0.3, 0.4) is 0 Å². The standard InChI is InChI=1S/C16H19N3O2/c1-10(20)17-14-8-6-13(7-9-14)16(21)19-18-15(11-2-3-11)12-4-5-12/h6-9,11-12H,2-5H2,1H3,(H,17,20)(H,19,21). The minimum atomic E-state index is -0.205. The lowest BCUT2D eigenvalue weighted by Crippen LogP contribution is -2.21. The molecule has 0 bridgehead atoms. The first-order valence-electron chi connectivity index (χ1n) is 7.39. The largest absolute Gasteiger partial charge is 0.326 e. The van der Waals surface area contributed by atoms with E-state index in [0.717, 1.165) is 0 Å². The number of hydrogen-bond donors (Lipinski definition) is 2. The molecule has 0 aromatic heterocycles. The highest BCUT2D eigenvalue weighted by Gasteiger charge is 2.38. The van der Waals surface area contributed by atoms with Gasteiger partial charge in [0.15, 0.2) is 0 Å². The third-order valence-electron chi connectivity index (χ3n) is 3.75. The van der Waals surface area contributed by atoms with E-state index in [2.05, 4.69) is 15.8 Å². The van der Waals surface area contributed by atoms with Gasteiger partial charge in [-0.15, -0.1) is 0 Å². The zero-order valence-electron chi connectivity index (χ0n) is 12.1. The van der Waals surface area contributed by atoms with Gasteiger partial charge in [-0.2, -0.15) is 5.10 Å². The van der Waals surface area contributed by atoms with Crippen molar-refractivity contribution in [2.24, 2.45) is 16.9 Å². The van der Waals surface area contributed by atoms with Crippen LogP contribution in [-0.4, -0.2) is 17.5 Å². The van der Waals surface area contributed by atoms with Gasteiger partial charge >= 0.3 is 0 Å². The fraction of sp³-hybridized carbons (Fsp3) is 0.438. The summed E-state index contributed by atoms with van der Waals surface area (Å²) < 4.78 is 0. The third-order valence-corrected chi connectivity index (χ3v) is 3.75. The van der Waals surface area contributed by atoms with Crippen LogP contribution < -0.4 is 10.7 Å². The van der Waals surface area contributed by atoms with Gasteiger partial charge in [0.2, 0.25) is 5.91 Å². The summed E-state index contributed by atoms with van der Waals surface area (Å²) in [6, 6.07) is 6.79. The van der Waals surface area contributed by atoms with Crippen molar-refractivity contribution in [3.63, 3.8) is 0 Å². The molecule has 2 aliphatic rings. The lowest BCUT2D eigenvalue weighted by atomic mass is 10.1. The molecule has 0 atom stereocenters. The summed E-state index contributed by atoms with van der Waals surface area (Å²) in [5, 5.41) is 7.01. The van der Waals surface area contributed by atoms with Gasteiger partial charge in [0, 0.05) is 23.9 Å². The molecule has 2 aliphatic carbocycles. The van der Waals surface area contributed by atoms with Crippen molar-refractivity contribution in [2.75, 3.05) is 5.32 Å². The van der Waals surface area contributed by atoms with Gasteiger partial charge in [-0.25, -0.2) is 5.43 Å². The molecule has 0 spiro atoms. The Hall–Kier alpha value is -2.17. The minimum absolute atomic E-state index is 0.129. The SMILES string of the molecule is CC(=O)Nc1ccc(C(=O)NN=C(C2CC2)C2CC2)cc1. The minimum Gasteiger partial charge on any atom is -0.326 e. The highest BCUT2D eigenvalue weighted by atomic mass is 16.2. The second kappa shape index (κ2) is 5.68. The van der Waals surface area contributed by atoms with Crippen LogP contribution in [0.25, 0.3) is 0 Å². The van der Waals surface area contributed by atoms with E-state index in [1.165, 1.54) is 38.3 Å². The van der Waals surface area contributed by atoms with E-state index in [4.69, 9.17) is 0 Å². The Labute approximate surface area is 123 Å². The maximum Gasteiger partial charge on any atom is 0.271 e. The molecular formula is C16H19N3O2. The molecule has 0 radical (unpaired) electrons. The summed E-state index contributed by atoms with van der Waals surface area (Å²) in [5.74, 6) is 0.860. The molecule has 3 rings (SSSR count). The number of hydrazone groups is 1. The van der Waals surface area contributed by atoms with E-state index in [1.807, 2.05) is 0 Å². The van der Waals surface area contributed by atoms with Crippen molar-refractivity contribution in [1.82, 2.24) is 5.43 Å². The molecule has 2 N–H and O–H groups in total. The van der Waals surface area contributed by atoms with Crippen molar-refractivity contribution in [1.29, 1.82) is 0 Å². The molecule has 2 saturated carbocycles. The molecule has 0 saturated heterocycles. The van der Waals surface area contributed by atoms with Crippen molar-refractivity contribution >= 4 is 23.2 Å². The van der Waals surface area contributed by atoms with Crippen LogP contribution >= 0.6 is 0 Å². The predicted octanol–water partition coefficient (Wildman–Crippen LogP) is 2.55. The van der Waals surface area contributed by atoms with Gasteiger partial charge in [-0.3, -0.25) is 9.59 Å². The number of benzene rings is 1. The summed E-state index contributed by atoms with van der Waals surface area (Å²) in [5.41, 5.74) is 5.06. The van der Waals surface area contributed by atoms with E-state index >= 15 is 0 Å². The molecule has 0 unspecified atom stereocenters.